The molecule has 1 fully saturated rings. The maximum Gasteiger partial charge on any atom is 0.333 e. The molecule has 1 aromatic heterocycles. The van der Waals surface area contributed by atoms with Gasteiger partial charge in [0, 0.05) is 5.38 Å². The summed E-state index contributed by atoms with van der Waals surface area (Å²) in [6, 6.07) is -1.87. The quantitative estimate of drug-likeness (QED) is 0.109. The molecule has 2 aliphatic rings. The number of thiazole rings is 1. The number of hydrogen-bond donors (Lipinski definition) is 2. The predicted molar refractivity (Wildman–Crippen MR) is 140 cm³/mol. The normalized spacial score (nSPS) is 20.8. The van der Waals surface area contributed by atoms with Crippen LogP contribution in [0.1, 0.15) is 33.4 Å². The first-order valence-corrected chi connectivity index (χ1v) is 13.6. The molecule has 0 aliphatic carbocycles. The number of amides is 3. The summed E-state index contributed by atoms with van der Waals surface area (Å²) in [6.07, 6.45) is 1.28. The number of ether oxygens (including phenoxy) is 3. The van der Waals surface area contributed by atoms with Gasteiger partial charge in [0.2, 0.25) is 12.3 Å². The van der Waals surface area contributed by atoms with E-state index in [9.17, 15) is 19.2 Å². The minimum Gasteiger partial charge on any atom is -0.456 e. The number of anilines is 1. The molecule has 3 atom stereocenters. The molecule has 0 aromatic carbocycles. The fourth-order valence-electron chi connectivity index (χ4n) is 3.50. The summed E-state index contributed by atoms with van der Waals surface area (Å²) in [5.74, 6) is -1.76. The van der Waals surface area contributed by atoms with E-state index < -0.39 is 41.3 Å². The average molecular weight is 570 g/mol. The van der Waals surface area contributed by atoms with Crippen molar-refractivity contribution in [3.05, 3.63) is 22.6 Å². The number of oxime groups is 1. The fourth-order valence-corrected chi connectivity index (χ4v) is 5.26. The van der Waals surface area contributed by atoms with Crippen LogP contribution in [0, 0.1) is 0 Å². The first kappa shape index (κ1) is 29.5. The van der Waals surface area contributed by atoms with Crippen molar-refractivity contribution in [2.45, 2.75) is 63.5 Å². The Kier molecular flexibility index (Phi) is 10.6. The van der Waals surface area contributed by atoms with Crippen molar-refractivity contribution >= 4 is 58.1 Å². The van der Waals surface area contributed by atoms with Crippen LogP contribution in [-0.4, -0.2) is 95.9 Å². The summed E-state index contributed by atoms with van der Waals surface area (Å²) in [5, 5.41) is 11.7. The van der Waals surface area contributed by atoms with Crippen molar-refractivity contribution in [3.63, 3.8) is 0 Å². The number of rotatable bonds is 14. The zero-order valence-corrected chi connectivity index (χ0v) is 23.2. The zero-order valence-electron chi connectivity index (χ0n) is 21.6. The molecule has 0 bridgehead atoms. The van der Waals surface area contributed by atoms with Crippen LogP contribution in [-0.2, 0) is 38.2 Å². The van der Waals surface area contributed by atoms with Crippen LogP contribution in [0.4, 0.5) is 5.13 Å². The van der Waals surface area contributed by atoms with Crippen molar-refractivity contribution < 1.29 is 38.2 Å². The third-order valence-corrected chi connectivity index (χ3v) is 7.09. The number of fused-ring (bicyclic) bond motifs is 1. The fraction of sp³-hybridized carbons (Fsp3) is 0.565. The molecule has 2 N–H and O–H groups in total. The summed E-state index contributed by atoms with van der Waals surface area (Å²) in [5.41, 5.74) is -0.00217. The van der Waals surface area contributed by atoms with Crippen molar-refractivity contribution in [2.75, 3.05) is 25.6 Å². The Labute approximate surface area is 228 Å². The Morgan fingerprint density at radius 2 is 1.89 bits per heavy atom. The maximum atomic E-state index is 13.0. The van der Waals surface area contributed by atoms with Crippen molar-refractivity contribution in [1.29, 1.82) is 0 Å². The van der Waals surface area contributed by atoms with Gasteiger partial charge in [-0.15, -0.1) is 23.1 Å². The molecular formula is C23H31N5O8S2. The zero-order chi connectivity index (χ0) is 27.8. The lowest BCUT2D eigenvalue weighted by Gasteiger charge is -2.50. The number of esters is 1. The maximum absolute atomic E-state index is 13.0. The number of carbonyl (C=O) groups is 4. The van der Waals surface area contributed by atoms with Gasteiger partial charge in [0.05, 0.1) is 25.4 Å². The number of aromatic nitrogens is 1. The third kappa shape index (κ3) is 7.30. The molecule has 0 saturated carbocycles. The van der Waals surface area contributed by atoms with Gasteiger partial charge in [-0.1, -0.05) is 5.16 Å². The van der Waals surface area contributed by atoms with Crippen molar-refractivity contribution in [1.82, 2.24) is 15.2 Å². The monoisotopic (exact) mass is 569 g/mol. The van der Waals surface area contributed by atoms with E-state index in [0.717, 1.165) is 11.3 Å². The first-order chi connectivity index (χ1) is 18.2. The second-order valence-electron chi connectivity index (χ2n) is 8.74. The molecule has 13 nitrogen and oxygen atoms in total. The molecule has 3 heterocycles. The van der Waals surface area contributed by atoms with Crippen LogP contribution >= 0.6 is 23.1 Å². The molecule has 208 valence electrons. The highest BCUT2D eigenvalue weighted by Crippen LogP contribution is 2.37. The second-order valence-corrected chi connectivity index (χ2v) is 10.6. The van der Waals surface area contributed by atoms with E-state index in [1.807, 2.05) is 27.7 Å². The molecule has 3 amide bonds. The Morgan fingerprint density at radius 3 is 2.50 bits per heavy atom. The molecule has 3 rings (SSSR count). The van der Waals surface area contributed by atoms with Gasteiger partial charge in [0.25, 0.3) is 5.91 Å². The number of thioether (sulfide) groups is 1. The minimum atomic E-state index is -0.954. The van der Waals surface area contributed by atoms with Crippen LogP contribution in [0.5, 0.6) is 0 Å². The first-order valence-electron chi connectivity index (χ1n) is 11.8. The van der Waals surface area contributed by atoms with Crippen molar-refractivity contribution in [3.8, 4) is 0 Å². The largest absolute Gasteiger partial charge is 0.456 e. The van der Waals surface area contributed by atoms with Crippen molar-refractivity contribution in [2.24, 2.45) is 5.16 Å². The van der Waals surface area contributed by atoms with Gasteiger partial charge in [0.15, 0.2) is 10.8 Å². The van der Waals surface area contributed by atoms with Gasteiger partial charge in [-0.25, -0.2) is 9.78 Å². The standard InChI is InChI=1S/C23H31N5O8S2/c1-12(2)34-8-14(9-35-13(3)4)36-22(32)16-6-7-37-21-18(20(31)28(16)21)26-19(30)17(27-33-5)15-10-38-23(25-15)24-11-29/h6-7,10-14,16,18,21H,8-9H2,1-5H3,(H,26,30)(H,24,25,29)/b27-17-/t16?,18?,21-/m1/s1. The van der Waals surface area contributed by atoms with Gasteiger partial charge >= 0.3 is 5.97 Å². The molecule has 38 heavy (non-hydrogen) atoms. The molecule has 1 aromatic rings. The second kappa shape index (κ2) is 13.7. The third-order valence-electron chi connectivity index (χ3n) is 5.23. The molecule has 0 spiro atoms. The number of β-lactam (4-membered cyclic amide) rings is 1. The summed E-state index contributed by atoms with van der Waals surface area (Å²) in [6.45, 7) is 7.80. The number of hydrogen-bond acceptors (Lipinski definition) is 12. The Hall–Kier alpha value is -3.01. The topological polar surface area (TPSA) is 158 Å². The highest BCUT2D eigenvalue weighted by atomic mass is 32.2. The Bertz CT molecular complexity index is 1060. The van der Waals surface area contributed by atoms with Crippen LogP contribution in [0.15, 0.2) is 22.0 Å². The van der Waals surface area contributed by atoms with Crippen LogP contribution < -0.4 is 10.6 Å². The smallest absolute Gasteiger partial charge is 0.333 e. The molecular weight excluding hydrogens is 538 g/mol. The lowest BCUT2D eigenvalue weighted by atomic mass is 10.0. The molecule has 1 saturated heterocycles. The average Bonchev–Trinajstić information content (AvgIpc) is 3.34. The summed E-state index contributed by atoms with van der Waals surface area (Å²) < 4.78 is 16.9. The van der Waals surface area contributed by atoms with E-state index in [4.69, 9.17) is 19.0 Å². The number of carbonyl (C=O) groups excluding carboxylic acids is 4. The summed E-state index contributed by atoms with van der Waals surface area (Å²) in [4.78, 5) is 60.0. The van der Waals surface area contributed by atoms with Crippen LogP contribution in [0.25, 0.3) is 0 Å². The van der Waals surface area contributed by atoms with E-state index in [1.165, 1.54) is 29.2 Å². The minimum absolute atomic E-state index is 0.0596. The Balaban J connectivity index is 1.66. The van der Waals surface area contributed by atoms with Gasteiger partial charge < -0.3 is 34.6 Å². The van der Waals surface area contributed by atoms with Gasteiger partial charge in [-0.05, 0) is 39.2 Å². The van der Waals surface area contributed by atoms with Crippen LogP contribution in [0.2, 0.25) is 0 Å². The molecule has 2 unspecified atom stereocenters. The highest BCUT2D eigenvalue weighted by Gasteiger charge is 2.54. The van der Waals surface area contributed by atoms with E-state index in [1.54, 1.807) is 11.5 Å². The predicted octanol–water partition coefficient (Wildman–Crippen LogP) is 1.11. The van der Waals surface area contributed by atoms with Gasteiger partial charge in [0.1, 0.15) is 36.4 Å². The lowest BCUT2D eigenvalue weighted by molar-refractivity contribution is -0.171. The summed E-state index contributed by atoms with van der Waals surface area (Å²) in [7, 11) is 1.27. The SMILES string of the molecule is CO/N=C(\C(=O)NC1C(=O)N2C(C(=O)OC(COC(C)C)COC(C)C)C=CS[C@H]12)c1csc(NC=O)n1. The molecule has 0 radical (unpaired) electrons. The summed E-state index contributed by atoms with van der Waals surface area (Å²) >= 11 is 2.38. The Morgan fingerprint density at radius 1 is 1.21 bits per heavy atom. The molecule has 15 heteroatoms. The molecule has 2 aliphatic heterocycles. The highest BCUT2D eigenvalue weighted by molar-refractivity contribution is 8.02. The lowest BCUT2D eigenvalue weighted by Crippen LogP contribution is -2.73. The van der Waals surface area contributed by atoms with E-state index in [-0.39, 0.29) is 42.0 Å². The van der Waals surface area contributed by atoms with Gasteiger partial charge in [-0.3, -0.25) is 14.4 Å². The van der Waals surface area contributed by atoms with E-state index in [0.29, 0.717) is 6.41 Å². The van der Waals surface area contributed by atoms with E-state index in [2.05, 4.69) is 20.8 Å². The number of nitrogens with zero attached hydrogens (tertiary/aromatic N) is 3. The van der Waals surface area contributed by atoms with E-state index >= 15 is 0 Å². The number of nitrogens with one attached hydrogen (secondary N) is 2. The van der Waals surface area contributed by atoms with Gasteiger partial charge in [-0.2, -0.15) is 0 Å². The van der Waals surface area contributed by atoms with Crippen LogP contribution in [0.3, 0.4) is 0 Å².